The first kappa shape index (κ1) is 18.8. The highest BCUT2D eigenvalue weighted by Gasteiger charge is 2.40. The Morgan fingerprint density at radius 1 is 1.30 bits per heavy atom. The van der Waals surface area contributed by atoms with Crippen LogP contribution >= 0.6 is 35.6 Å². The molecule has 1 aromatic carbocycles. The third-order valence-electron chi connectivity index (χ3n) is 4.50. The lowest BCUT2D eigenvalue weighted by molar-refractivity contribution is 0.0992. The van der Waals surface area contributed by atoms with Gasteiger partial charge in [-0.3, -0.25) is 4.99 Å². The Hall–Kier alpha value is -0.530. The van der Waals surface area contributed by atoms with Crippen molar-refractivity contribution in [2.75, 3.05) is 13.6 Å². The number of ether oxygens (including phenoxy) is 1. The molecule has 0 aliphatic carbocycles. The second-order valence-corrected chi connectivity index (χ2v) is 6.53. The molecule has 3 unspecified atom stereocenters. The molecule has 0 saturated carbocycles. The highest BCUT2D eigenvalue weighted by molar-refractivity contribution is 14.0. The topological polar surface area (TPSA) is 45.7 Å². The minimum atomic E-state index is 0. The molecule has 2 heterocycles. The lowest BCUT2D eigenvalue weighted by atomic mass is 9.96. The van der Waals surface area contributed by atoms with E-state index < -0.39 is 0 Å². The summed E-state index contributed by atoms with van der Waals surface area (Å²) in [7, 11) is 1.82. The Morgan fingerprint density at radius 2 is 2.09 bits per heavy atom. The van der Waals surface area contributed by atoms with Crippen molar-refractivity contribution < 1.29 is 4.74 Å². The van der Waals surface area contributed by atoms with Crippen molar-refractivity contribution in [1.82, 2.24) is 10.6 Å². The van der Waals surface area contributed by atoms with Gasteiger partial charge >= 0.3 is 0 Å². The first-order valence-electron chi connectivity index (χ1n) is 8.11. The highest BCUT2D eigenvalue weighted by atomic mass is 127. The molecular formula is C17H25ClIN3O. The average Bonchev–Trinajstić information content (AvgIpc) is 3.14. The number of guanidine groups is 1. The number of aliphatic imine (C=N–C) groups is 1. The van der Waals surface area contributed by atoms with Crippen molar-refractivity contribution in [3.05, 3.63) is 34.9 Å². The number of aryl methyl sites for hydroxylation is 1. The summed E-state index contributed by atoms with van der Waals surface area (Å²) in [5, 5.41) is 7.69. The molecule has 0 spiro atoms. The van der Waals surface area contributed by atoms with E-state index in [1.165, 1.54) is 18.4 Å². The fraction of sp³-hybridized carbons (Fsp3) is 0.588. The summed E-state index contributed by atoms with van der Waals surface area (Å²) >= 11 is 5.89. The number of rotatable bonds is 5. The Labute approximate surface area is 160 Å². The molecule has 0 aromatic heterocycles. The number of hydrogen-bond donors (Lipinski definition) is 2. The maximum atomic E-state index is 5.89. The van der Waals surface area contributed by atoms with Gasteiger partial charge in [-0.1, -0.05) is 23.7 Å². The van der Waals surface area contributed by atoms with Crippen LogP contribution in [0, 0.1) is 0 Å². The van der Waals surface area contributed by atoms with E-state index in [0.29, 0.717) is 18.2 Å². The van der Waals surface area contributed by atoms with Gasteiger partial charge < -0.3 is 15.4 Å². The lowest BCUT2D eigenvalue weighted by Crippen LogP contribution is -2.47. The molecule has 0 amide bonds. The number of halogens is 2. The summed E-state index contributed by atoms with van der Waals surface area (Å²) in [6.07, 6.45) is 6.44. The summed E-state index contributed by atoms with van der Waals surface area (Å²) in [5.41, 5.74) is 1.32. The van der Waals surface area contributed by atoms with Crippen molar-refractivity contribution >= 4 is 41.5 Å². The SMILES string of the molecule is CN=C(NCCCc1ccc(Cl)cc1)NC1CC2CCC1O2.I. The standard InChI is InChI=1S/C17H24ClN3O.HI/c1-19-17(21-15-11-14-8-9-16(15)22-14)20-10-2-3-12-4-6-13(18)7-5-12;/h4-7,14-16H,2-3,8-11H2,1H3,(H2,19,20,21);1H. The molecule has 3 atom stereocenters. The molecule has 3 rings (SSSR count). The van der Waals surface area contributed by atoms with Crippen LogP contribution in [0.3, 0.4) is 0 Å². The maximum absolute atomic E-state index is 5.89. The third kappa shape index (κ3) is 5.22. The quantitative estimate of drug-likeness (QED) is 0.314. The zero-order valence-electron chi connectivity index (χ0n) is 13.4. The molecule has 6 heteroatoms. The van der Waals surface area contributed by atoms with E-state index in [-0.39, 0.29) is 24.0 Å². The molecule has 23 heavy (non-hydrogen) atoms. The number of hydrogen-bond acceptors (Lipinski definition) is 2. The van der Waals surface area contributed by atoms with Crippen molar-refractivity contribution in [3.8, 4) is 0 Å². The van der Waals surface area contributed by atoms with Crippen LogP contribution in [0.25, 0.3) is 0 Å². The van der Waals surface area contributed by atoms with Gasteiger partial charge in [-0.15, -0.1) is 24.0 Å². The van der Waals surface area contributed by atoms with E-state index in [0.717, 1.165) is 36.8 Å². The van der Waals surface area contributed by atoms with Gasteiger partial charge in [0.2, 0.25) is 0 Å². The predicted molar refractivity (Wildman–Crippen MR) is 106 cm³/mol. The maximum Gasteiger partial charge on any atom is 0.191 e. The van der Waals surface area contributed by atoms with Gasteiger partial charge in [0.15, 0.2) is 5.96 Å². The average molecular weight is 450 g/mol. The fourth-order valence-corrected chi connectivity index (χ4v) is 3.44. The Morgan fingerprint density at radius 3 is 2.70 bits per heavy atom. The number of nitrogens with one attached hydrogen (secondary N) is 2. The van der Waals surface area contributed by atoms with E-state index in [1.807, 2.05) is 19.2 Å². The van der Waals surface area contributed by atoms with Gasteiger partial charge in [0, 0.05) is 18.6 Å². The molecular weight excluding hydrogens is 425 g/mol. The molecule has 1 aromatic rings. The molecule has 128 valence electrons. The second-order valence-electron chi connectivity index (χ2n) is 6.09. The van der Waals surface area contributed by atoms with Crippen molar-refractivity contribution in [2.24, 2.45) is 4.99 Å². The molecule has 2 N–H and O–H groups in total. The molecule has 2 saturated heterocycles. The second kappa shape index (κ2) is 9.08. The minimum absolute atomic E-state index is 0. The summed E-state index contributed by atoms with van der Waals surface area (Å²) in [6.45, 7) is 0.907. The Kier molecular flexibility index (Phi) is 7.43. The van der Waals surface area contributed by atoms with Crippen LogP contribution in [0.2, 0.25) is 5.02 Å². The van der Waals surface area contributed by atoms with Crippen LogP contribution < -0.4 is 10.6 Å². The first-order valence-corrected chi connectivity index (χ1v) is 8.49. The predicted octanol–water partition coefficient (Wildman–Crippen LogP) is 3.38. The van der Waals surface area contributed by atoms with Gasteiger partial charge in [0.1, 0.15) is 0 Å². The van der Waals surface area contributed by atoms with Gasteiger partial charge in [-0.2, -0.15) is 0 Å². The molecule has 2 bridgehead atoms. The van der Waals surface area contributed by atoms with E-state index in [9.17, 15) is 0 Å². The summed E-state index contributed by atoms with van der Waals surface area (Å²) in [5.74, 6) is 0.886. The summed E-state index contributed by atoms with van der Waals surface area (Å²) in [4.78, 5) is 4.31. The van der Waals surface area contributed by atoms with E-state index in [1.54, 1.807) is 0 Å². The van der Waals surface area contributed by atoms with Crippen molar-refractivity contribution in [3.63, 3.8) is 0 Å². The van der Waals surface area contributed by atoms with Gasteiger partial charge in [0.25, 0.3) is 0 Å². The van der Waals surface area contributed by atoms with Crippen LogP contribution in [0.1, 0.15) is 31.2 Å². The van der Waals surface area contributed by atoms with Gasteiger partial charge in [0.05, 0.1) is 18.2 Å². The van der Waals surface area contributed by atoms with Crippen LogP contribution in [-0.4, -0.2) is 37.8 Å². The number of fused-ring (bicyclic) bond motifs is 2. The van der Waals surface area contributed by atoms with Crippen LogP contribution in [0.4, 0.5) is 0 Å². The van der Waals surface area contributed by atoms with Crippen molar-refractivity contribution in [1.29, 1.82) is 0 Å². The van der Waals surface area contributed by atoms with Crippen LogP contribution in [-0.2, 0) is 11.2 Å². The largest absolute Gasteiger partial charge is 0.373 e. The Bertz CT molecular complexity index is 523. The third-order valence-corrected chi connectivity index (χ3v) is 4.75. The highest BCUT2D eigenvalue weighted by Crippen LogP contribution is 2.34. The van der Waals surface area contributed by atoms with E-state index in [4.69, 9.17) is 16.3 Å². The summed E-state index contributed by atoms with van der Waals surface area (Å²) < 4.78 is 5.87. The monoisotopic (exact) mass is 449 g/mol. The molecule has 4 nitrogen and oxygen atoms in total. The van der Waals surface area contributed by atoms with Crippen LogP contribution in [0.15, 0.2) is 29.3 Å². The van der Waals surface area contributed by atoms with E-state index in [2.05, 4.69) is 27.8 Å². The minimum Gasteiger partial charge on any atom is -0.373 e. The number of nitrogens with zero attached hydrogens (tertiary/aromatic N) is 1. The molecule has 2 aliphatic heterocycles. The molecule has 0 radical (unpaired) electrons. The van der Waals surface area contributed by atoms with Crippen LogP contribution in [0.5, 0.6) is 0 Å². The molecule has 2 aliphatic rings. The zero-order valence-corrected chi connectivity index (χ0v) is 16.5. The summed E-state index contributed by atoms with van der Waals surface area (Å²) in [6, 6.07) is 8.48. The zero-order chi connectivity index (χ0) is 15.4. The molecule has 2 fully saturated rings. The Balaban J connectivity index is 0.00000192. The first-order chi connectivity index (χ1) is 10.7. The fourth-order valence-electron chi connectivity index (χ4n) is 3.31. The van der Waals surface area contributed by atoms with Crippen molar-refractivity contribution in [2.45, 2.75) is 50.4 Å². The lowest BCUT2D eigenvalue weighted by Gasteiger charge is -2.22. The smallest absolute Gasteiger partial charge is 0.191 e. The normalized spacial score (nSPS) is 26.0. The van der Waals surface area contributed by atoms with Gasteiger partial charge in [-0.05, 0) is 49.8 Å². The van der Waals surface area contributed by atoms with Gasteiger partial charge in [-0.25, -0.2) is 0 Å². The number of benzene rings is 1. The van der Waals surface area contributed by atoms with E-state index >= 15 is 0 Å².